The molecule has 2 aromatic rings. The Morgan fingerprint density at radius 3 is 3.00 bits per heavy atom. The van der Waals surface area contributed by atoms with Crippen molar-refractivity contribution >= 4 is 29.3 Å². The van der Waals surface area contributed by atoms with Crippen LogP contribution in [0.5, 0.6) is 5.88 Å². The van der Waals surface area contributed by atoms with Gasteiger partial charge in [0.1, 0.15) is 4.88 Å². The summed E-state index contributed by atoms with van der Waals surface area (Å²) in [7, 11) is 0. The van der Waals surface area contributed by atoms with Crippen molar-refractivity contribution < 1.29 is 5.11 Å². The molecule has 0 aliphatic heterocycles. The Bertz CT molecular complexity index is 601. The third-order valence-corrected chi connectivity index (χ3v) is 3.68. The summed E-state index contributed by atoms with van der Waals surface area (Å²) in [5.41, 5.74) is 1.90. The van der Waals surface area contributed by atoms with Gasteiger partial charge in [0.15, 0.2) is 3.95 Å². The second-order valence-electron chi connectivity index (χ2n) is 3.67. The Labute approximate surface area is 114 Å². The summed E-state index contributed by atoms with van der Waals surface area (Å²) < 4.78 is 0.560. The lowest BCUT2D eigenvalue weighted by Gasteiger charge is -2.01. The van der Waals surface area contributed by atoms with Gasteiger partial charge in [0.05, 0.1) is 12.3 Å². The van der Waals surface area contributed by atoms with Gasteiger partial charge in [0.2, 0.25) is 5.88 Å². The first kappa shape index (κ1) is 12.9. The van der Waals surface area contributed by atoms with E-state index in [2.05, 4.69) is 15.0 Å². The minimum atomic E-state index is 0.108. The zero-order chi connectivity index (χ0) is 13.0. The Morgan fingerprint density at radius 2 is 2.44 bits per heavy atom. The first-order valence-electron chi connectivity index (χ1n) is 5.55. The highest BCUT2D eigenvalue weighted by molar-refractivity contribution is 7.73. The lowest BCUT2D eigenvalue weighted by molar-refractivity contribution is 0.455. The maximum Gasteiger partial charge on any atom is 0.209 e. The van der Waals surface area contributed by atoms with E-state index < -0.39 is 0 Å². The molecule has 0 aliphatic carbocycles. The third kappa shape index (κ3) is 3.02. The van der Waals surface area contributed by atoms with Crippen LogP contribution in [-0.4, -0.2) is 20.8 Å². The monoisotopic (exact) mass is 279 g/mol. The normalized spacial score (nSPS) is 11.7. The fourth-order valence-corrected chi connectivity index (χ4v) is 2.69. The summed E-state index contributed by atoms with van der Waals surface area (Å²) in [6, 6.07) is 3.86. The van der Waals surface area contributed by atoms with Gasteiger partial charge in [0.25, 0.3) is 0 Å². The van der Waals surface area contributed by atoms with Crippen LogP contribution in [0.2, 0.25) is 0 Å². The molecular formula is C12H13N3OS2. The summed E-state index contributed by atoms with van der Waals surface area (Å²) in [5.74, 6) is 0.108. The van der Waals surface area contributed by atoms with Gasteiger partial charge in [-0.2, -0.15) is 0 Å². The topological polar surface area (TPSA) is 61.3 Å². The van der Waals surface area contributed by atoms with Gasteiger partial charge in [-0.1, -0.05) is 24.3 Å². The van der Waals surface area contributed by atoms with Gasteiger partial charge >= 0.3 is 0 Å². The molecule has 0 atom stereocenters. The number of H-pyrrole nitrogens is 1. The van der Waals surface area contributed by atoms with E-state index in [1.165, 1.54) is 11.3 Å². The van der Waals surface area contributed by atoms with E-state index in [9.17, 15) is 5.11 Å². The number of pyridine rings is 1. The number of aliphatic imine (C=N–C) groups is 1. The van der Waals surface area contributed by atoms with Crippen molar-refractivity contribution in [1.82, 2.24) is 9.97 Å². The molecule has 2 heterocycles. The molecule has 0 unspecified atom stereocenters. The Morgan fingerprint density at radius 1 is 1.61 bits per heavy atom. The van der Waals surface area contributed by atoms with Crippen LogP contribution in [0.4, 0.5) is 0 Å². The van der Waals surface area contributed by atoms with Crippen LogP contribution < -0.4 is 0 Å². The van der Waals surface area contributed by atoms with Gasteiger partial charge in [-0.15, -0.1) is 0 Å². The molecule has 0 fully saturated rings. The van der Waals surface area contributed by atoms with Crippen LogP contribution in [-0.2, 0) is 6.54 Å². The van der Waals surface area contributed by atoms with Gasteiger partial charge in [-0.05, 0) is 30.3 Å². The smallest absolute Gasteiger partial charge is 0.209 e. The molecule has 0 saturated heterocycles. The summed E-state index contributed by atoms with van der Waals surface area (Å²) in [5, 5.41) is 9.73. The predicted octanol–water partition coefficient (Wildman–Crippen LogP) is 3.31. The van der Waals surface area contributed by atoms with E-state index in [0.717, 1.165) is 22.6 Å². The largest absolute Gasteiger partial charge is 0.493 e. The van der Waals surface area contributed by atoms with E-state index >= 15 is 0 Å². The molecule has 0 bridgehead atoms. The number of aromatic hydroxyl groups is 1. The van der Waals surface area contributed by atoms with E-state index in [1.807, 2.05) is 19.1 Å². The number of nitrogens with zero attached hydrogens (tertiary/aromatic N) is 2. The highest BCUT2D eigenvalue weighted by Gasteiger charge is 2.10. The summed E-state index contributed by atoms with van der Waals surface area (Å²) in [6.45, 7) is 2.56. The van der Waals surface area contributed by atoms with Crippen molar-refractivity contribution in [3.05, 3.63) is 38.9 Å². The summed E-state index contributed by atoms with van der Waals surface area (Å²) in [4.78, 5) is 12.0. The summed E-state index contributed by atoms with van der Waals surface area (Å²) >= 11 is 6.35. The fourth-order valence-electron chi connectivity index (χ4n) is 1.54. The average Bonchev–Trinajstić information content (AvgIpc) is 2.71. The molecule has 0 aliphatic rings. The van der Waals surface area contributed by atoms with Crippen LogP contribution in [0.1, 0.15) is 23.8 Å². The first-order chi connectivity index (χ1) is 8.70. The lowest BCUT2D eigenvalue weighted by Crippen LogP contribution is -1.98. The van der Waals surface area contributed by atoms with Crippen molar-refractivity contribution in [2.24, 2.45) is 4.99 Å². The van der Waals surface area contributed by atoms with Crippen LogP contribution in [0.15, 0.2) is 29.5 Å². The number of aromatic amines is 1. The van der Waals surface area contributed by atoms with E-state index in [4.69, 9.17) is 12.2 Å². The maximum atomic E-state index is 9.73. The molecule has 0 amide bonds. The molecule has 94 valence electrons. The first-order valence-corrected chi connectivity index (χ1v) is 6.78. The molecule has 2 rings (SSSR count). The van der Waals surface area contributed by atoms with Crippen LogP contribution in [0.3, 0.4) is 0 Å². The van der Waals surface area contributed by atoms with Crippen molar-refractivity contribution in [1.29, 1.82) is 0 Å². The van der Waals surface area contributed by atoms with Crippen LogP contribution in [0, 0.1) is 3.95 Å². The summed E-state index contributed by atoms with van der Waals surface area (Å²) in [6.07, 6.45) is 4.27. The minimum absolute atomic E-state index is 0.108. The molecule has 2 aromatic heterocycles. The number of thiazole rings is 1. The lowest BCUT2D eigenvalue weighted by atomic mass is 10.2. The highest BCUT2D eigenvalue weighted by Crippen LogP contribution is 2.23. The number of rotatable bonds is 4. The molecule has 6 heteroatoms. The average molecular weight is 279 g/mol. The van der Waals surface area contributed by atoms with Crippen LogP contribution >= 0.6 is 23.6 Å². The Kier molecular flexibility index (Phi) is 4.22. The fraction of sp³-hybridized carbons (Fsp3) is 0.250. The van der Waals surface area contributed by atoms with Crippen molar-refractivity contribution in [3.8, 4) is 5.88 Å². The van der Waals surface area contributed by atoms with Crippen molar-refractivity contribution in [2.45, 2.75) is 19.9 Å². The van der Waals surface area contributed by atoms with E-state index in [-0.39, 0.29) is 5.88 Å². The molecular weight excluding hydrogens is 266 g/mol. The molecule has 2 N–H and O–H groups in total. The quantitative estimate of drug-likeness (QED) is 0.667. The molecule has 0 saturated carbocycles. The van der Waals surface area contributed by atoms with E-state index in [1.54, 1.807) is 12.4 Å². The predicted molar refractivity (Wildman–Crippen MR) is 75.9 cm³/mol. The van der Waals surface area contributed by atoms with Gasteiger partial charge in [-0.25, -0.2) is 0 Å². The van der Waals surface area contributed by atoms with Crippen molar-refractivity contribution in [3.63, 3.8) is 0 Å². The SMILES string of the molecule is CCC(=NCc1cccnc1)c1sc(=S)[nH]c1O. The molecule has 0 spiro atoms. The Balaban J connectivity index is 2.24. The maximum absolute atomic E-state index is 9.73. The minimum Gasteiger partial charge on any atom is -0.493 e. The van der Waals surface area contributed by atoms with Crippen molar-refractivity contribution in [2.75, 3.05) is 0 Å². The standard InChI is InChI=1S/C12H13N3OS2/c1-2-9(10-11(16)15-12(17)18-10)14-7-8-4-3-5-13-6-8/h3-6,16H,2,7H2,1H3,(H,15,17). The number of nitrogens with one attached hydrogen (secondary N) is 1. The highest BCUT2D eigenvalue weighted by atomic mass is 32.1. The zero-order valence-corrected chi connectivity index (χ0v) is 11.5. The number of hydrogen-bond donors (Lipinski definition) is 2. The Hall–Kier alpha value is -1.53. The van der Waals surface area contributed by atoms with Gasteiger partial charge in [0, 0.05) is 12.4 Å². The molecule has 18 heavy (non-hydrogen) atoms. The van der Waals surface area contributed by atoms with Gasteiger partial charge in [-0.3, -0.25) is 9.98 Å². The molecule has 0 radical (unpaired) electrons. The number of aromatic nitrogens is 2. The molecule has 0 aromatic carbocycles. The van der Waals surface area contributed by atoms with Gasteiger partial charge < -0.3 is 10.1 Å². The van der Waals surface area contributed by atoms with Crippen LogP contribution in [0.25, 0.3) is 0 Å². The third-order valence-electron chi connectivity index (χ3n) is 2.40. The second kappa shape index (κ2) is 5.88. The number of hydrogen-bond acceptors (Lipinski definition) is 5. The van der Waals surface area contributed by atoms with E-state index in [0.29, 0.717) is 10.5 Å². The zero-order valence-electron chi connectivity index (χ0n) is 9.88. The molecule has 4 nitrogen and oxygen atoms in total. The second-order valence-corrected chi connectivity index (χ2v) is 5.36.